The van der Waals surface area contributed by atoms with Gasteiger partial charge in [-0.2, -0.15) is 0 Å². The molecule has 35 heavy (non-hydrogen) atoms. The zero-order chi connectivity index (χ0) is 24.0. The Hall–Kier alpha value is -3.33. The number of aromatic nitrogens is 2. The Labute approximate surface area is 208 Å². The predicted molar refractivity (Wildman–Crippen MR) is 137 cm³/mol. The monoisotopic (exact) mass is 489 g/mol. The van der Waals surface area contributed by atoms with Crippen LogP contribution in [0.1, 0.15) is 18.3 Å². The first-order chi connectivity index (χ1) is 17.2. The molecule has 1 aliphatic heterocycles. The van der Waals surface area contributed by atoms with Crippen molar-refractivity contribution in [2.24, 2.45) is 0 Å². The first-order valence-corrected chi connectivity index (χ1v) is 12.5. The average molecular weight is 490 g/mol. The summed E-state index contributed by atoms with van der Waals surface area (Å²) in [5.74, 6) is 1.43. The van der Waals surface area contributed by atoms with Gasteiger partial charge in [-0.1, -0.05) is 48.2 Å². The number of benzene rings is 3. The van der Waals surface area contributed by atoms with Gasteiger partial charge < -0.3 is 24.1 Å². The number of ether oxygens (including phenoxy) is 3. The molecule has 1 aliphatic rings. The Balaban J connectivity index is 1.23. The van der Waals surface area contributed by atoms with Crippen LogP contribution in [0.5, 0.6) is 5.75 Å². The van der Waals surface area contributed by atoms with Crippen LogP contribution in [0.4, 0.5) is 5.69 Å². The molecule has 0 radical (unpaired) electrons. The summed E-state index contributed by atoms with van der Waals surface area (Å²) in [6.07, 6.45) is 0. The van der Waals surface area contributed by atoms with Gasteiger partial charge >= 0.3 is 0 Å². The number of para-hydroxylation sites is 3. The van der Waals surface area contributed by atoms with E-state index in [-0.39, 0.29) is 5.91 Å². The van der Waals surface area contributed by atoms with Gasteiger partial charge in [-0.15, -0.1) is 0 Å². The van der Waals surface area contributed by atoms with Crippen molar-refractivity contribution in [2.75, 3.05) is 18.5 Å². The lowest BCUT2D eigenvalue weighted by atomic mass is 10.2. The minimum absolute atomic E-state index is 0.146. The summed E-state index contributed by atoms with van der Waals surface area (Å²) in [5.41, 5.74) is 3.16. The van der Waals surface area contributed by atoms with Crippen molar-refractivity contribution < 1.29 is 19.0 Å². The molecule has 5 rings (SSSR count). The summed E-state index contributed by atoms with van der Waals surface area (Å²) in [7, 11) is 0. The third kappa shape index (κ3) is 5.51. The second-order valence-corrected chi connectivity index (χ2v) is 9.15. The minimum Gasteiger partial charge on any atom is -0.486 e. The van der Waals surface area contributed by atoms with Crippen LogP contribution in [0.15, 0.2) is 77.7 Å². The summed E-state index contributed by atoms with van der Waals surface area (Å²) in [4.78, 5) is 18.2. The Bertz CT molecular complexity index is 1320. The van der Waals surface area contributed by atoms with Crippen LogP contribution < -0.4 is 10.1 Å². The maximum Gasteiger partial charge on any atom is 0.264 e. The van der Waals surface area contributed by atoms with E-state index in [0.717, 1.165) is 38.8 Å². The lowest BCUT2D eigenvalue weighted by molar-refractivity contribution is -0.123. The van der Waals surface area contributed by atoms with Gasteiger partial charge in [-0.3, -0.25) is 4.79 Å². The van der Waals surface area contributed by atoms with Gasteiger partial charge in [0.2, 0.25) is 0 Å². The molecule has 4 aromatic rings. The van der Waals surface area contributed by atoms with Crippen LogP contribution in [-0.2, 0) is 34.0 Å². The van der Waals surface area contributed by atoms with Gasteiger partial charge in [0.25, 0.3) is 5.91 Å². The van der Waals surface area contributed by atoms with Crippen LogP contribution in [0, 0.1) is 0 Å². The maximum atomic E-state index is 12.4. The van der Waals surface area contributed by atoms with E-state index in [1.807, 2.05) is 73.7 Å². The summed E-state index contributed by atoms with van der Waals surface area (Å²) in [6.45, 7) is 4.64. The van der Waals surface area contributed by atoms with E-state index in [0.29, 0.717) is 33.0 Å². The standard InChI is InChI=1S/C27H27N3O4S/c1-2-32-15-14-30-23-12-5-3-10-21(23)28-25(30)18-33-20-9-7-8-19(16-20)17-34-27-26(31)29-22-11-4-6-13-24(22)35-27/h3-13,16,27H,2,14-15,17-18H2,1H3,(H,29,31). The molecule has 0 bridgehead atoms. The van der Waals surface area contributed by atoms with Gasteiger partial charge in [0.05, 0.1) is 29.9 Å². The maximum absolute atomic E-state index is 12.4. The summed E-state index contributed by atoms with van der Waals surface area (Å²) >= 11 is 1.42. The molecule has 1 aromatic heterocycles. The van der Waals surface area contributed by atoms with Gasteiger partial charge in [-0.25, -0.2) is 4.98 Å². The molecule has 1 N–H and O–H groups in total. The number of amides is 1. The topological polar surface area (TPSA) is 74.6 Å². The quantitative estimate of drug-likeness (QED) is 0.307. The summed E-state index contributed by atoms with van der Waals surface area (Å²) in [5, 5.41) is 2.90. The zero-order valence-corrected chi connectivity index (χ0v) is 20.3. The molecule has 0 fully saturated rings. The van der Waals surface area contributed by atoms with Crippen molar-refractivity contribution in [1.82, 2.24) is 9.55 Å². The average Bonchev–Trinajstić information content (AvgIpc) is 3.24. The molecule has 0 saturated heterocycles. The summed E-state index contributed by atoms with van der Waals surface area (Å²) < 4.78 is 19.7. The van der Waals surface area contributed by atoms with E-state index in [2.05, 4.69) is 16.0 Å². The molecular formula is C27H27N3O4S. The number of imidazole rings is 1. The first-order valence-electron chi connectivity index (χ1n) is 11.6. The number of carbonyl (C=O) groups is 1. The fourth-order valence-corrected chi connectivity index (χ4v) is 4.91. The number of carbonyl (C=O) groups excluding carboxylic acids is 1. The molecule has 1 atom stereocenters. The van der Waals surface area contributed by atoms with Crippen molar-refractivity contribution in [3.05, 3.63) is 84.2 Å². The molecule has 1 amide bonds. The number of rotatable bonds is 10. The highest BCUT2D eigenvalue weighted by Gasteiger charge is 2.27. The van der Waals surface area contributed by atoms with E-state index in [4.69, 9.17) is 19.2 Å². The second kappa shape index (κ2) is 10.9. The van der Waals surface area contributed by atoms with Gasteiger partial charge in [0.1, 0.15) is 18.2 Å². The van der Waals surface area contributed by atoms with E-state index in [1.54, 1.807) is 0 Å². The second-order valence-electron chi connectivity index (χ2n) is 8.05. The number of hydrogen-bond donors (Lipinski definition) is 1. The molecule has 180 valence electrons. The highest BCUT2D eigenvalue weighted by molar-refractivity contribution is 8.00. The molecule has 8 heteroatoms. The van der Waals surface area contributed by atoms with Crippen molar-refractivity contribution in [3.63, 3.8) is 0 Å². The largest absolute Gasteiger partial charge is 0.486 e. The van der Waals surface area contributed by atoms with Crippen LogP contribution in [0.3, 0.4) is 0 Å². The molecular weight excluding hydrogens is 462 g/mol. The van der Waals surface area contributed by atoms with Gasteiger partial charge in [0, 0.05) is 18.0 Å². The molecule has 1 unspecified atom stereocenters. The lowest BCUT2D eigenvalue weighted by Gasteiger charge is -2.24. The smallest absolute Gasteiger partial charge is 0.264 e. The number of fused-ring (bicyclic) bond motifs is 2. The zero-order valence-electron chi connectivity index (χ0n) is 19.5. The number of nitrogens with one attached hydrogen (secondary N) is 1. The summed E-state index contributed by atoms with van der Waals surface area (Å²) in [6, 6.07) is 23.5. The van der Waals surface area contributed by atoms with Crippen molar-refractivity contribution >= 4 is 34.4 Å². The molecule has 7 nitrogen and oxygen atoms in total. The number of nitrogens with zero attached hydrogens (tertiary/aromatic N) is 2. The first kappa shape index (κ1) is 23.4. The SMILES string of the molecule is CCOCCn1c(COc2cccc(COC3Sc4ccccc4NC3=O)c2)nc2ccccc21. The molecule has 3 aromatic carbocycles. The van der Waals surface area contributed by atoms with Crippen LogP contribution in [0.25, 0.3) is 11.0 Å². The van der Waals surface area contributed by atoms with Crippen LogP contribution in [0.2, 0.25) is 0 Å². The van der Waals surface area contributed by atoms with E-state index < -0.39 is 5.44 Å². The van der Waals surface area contributed by atoms with E-state index in [9.17, 15) is 4.79 Å². The van der Waals surface area contributed by atoms with Crippen LogP contribution in [-0.4, -0.2) is 34.1 Å². The number of anilines is 1. The Morgan fingerprint density at radius 2 is 1.89 bits per heavy atom. The molecule has 0 saturated carbocycles. The van der Waals surface area contributed by atoms with Crippen molar-refractivity contribution in [1.29, 1.82) is 0 Å². The minimum atomic E-state index is -0.597. The van der Waals surface area contributed by atoms with Crippen molar-refractivity contribution in [3.8, 4) is 5.75 Å². The number of thioether (sulfide) groups is 1. The fraction of sp³-hybridized carbons (Fsp3) is 0.259. The normalized spacial score (nSPS) is 15.1. The Kier molecular flexibility index (Phi) is 7.32. The van der Waals surface area contributed by atoms with E-state index >= 15 is 0 Å². The fourth-order valence-electron chi connectivity index (χ4n) is 3.97. The molecule has 2 heterocycles. The van der Waals surface area contributed by atoms with E-state index in [1.165, 1.54) is 11.8 Å². The third-order valence-corrected chi connectivity index (χ3v) is 6.83. The number of hydrogen-bond acceptors (Lipinski definition) is 6. The highest BCUT2D eigenvalue weighted by Crippen LogP contribution is 2.36. The predicted octanol–water partition coefficient (Wildman–Crippen LogP) is 5.24. The molecule has 0 spiro atoms. The van der Waals surface area contributed by atoms with Crippen LogP contribution >= 0.6 is 11.8 Å². The Morgan fingerprint density at radius 1 is 1.03 bits per heavy atom. The molecule has 0 aliphatic carbocycles. The van der Waals surface area contributed by atoms with Gasteiger partial charge in [-0.05, 0) is 48.9 Å². The van der Waals surface area contributed by atoms with Crippen molar-refractivity contribution in [2.45, 2.75) is 37.0 Å². The lowest BCUT2D eigenvalue weighted by Crippen LogP contribution is -2.31. The highest BCUT2D eigenvalue weighted by atomic mass is 32.2. The van der Waals surface area contributed by atoms with Gasteiger partial charge in [0.15, 0.2) is 5.44 Å². The third-order valence-electron chi connectivity index (χ3n) is 5.66. The Morgan fingerprint density at radius 3 is 2.80 bits per heavy atom.